The van der Waals surface area contributed by atoms with E-state index in [0.717, 1.165) is 16.9 Å². The van der Waals surface area contributed by atoms with Crippen LogP contribution in [0.3, 0.4) is 0 Å². The Bertz CT molecular complexity index is 785. The molecule has 0 aliphatic carbocycles. The van der Waals surface area contributed by atoms with Crippen LogP contribution in [0.4, 0.5) is 0 Å². The molecule has 1 N–H and O–H groups in total. The Morgan fingerprint density at radius 2 is 2.00 bits per heavy atom. The minimum absolute atomic E-state index is 0.0279. The zero-order valence-electron chi connectivity index (χ0n) is 12.9. The van der Waals surface area contributed by atoms with Crippen LogP contribution < -0.4 is 5.32 Å². The van der Waals surface area contributed by atoms with Crippen molar-refractivity contribution in [1.29, 1.82) is 0 Å². The smallest absolute Gasteiger partial charge is 0.257 e. The summed E-state index contributed by atoms with van der Waals surface area (Å²) in [5, 5.41) is 13.5. The van der Waals surface area contributed by atoms with Gasteiger partial charge in [0.2, 0.25) is 11.8 Å². The Morgan fingerprint density at radius 1 is 1.17 bits per heavy atom. The van der Waals surface area contributed by atoms with Gasteiger partial charge in [-0.1, -0.05) is 29.8 Å². The maximum Gasteiger partial charge on any atom is 0.257 e. The van der Waals surface area contributed by atoms with Gasteiger partial charge in [0, 0.05) is 24.4 Å². The summed E-state index contributed by atoms with van der Waals surface area (Å²) in [6, 6.07) is 11.5. The highest BCUT2D eigenvalue weighted by molar-refractivity contribution is 7.13. The molecular formula is C17H16ClN3O2S. The first kappa shape index (κ1) is 16.7. The maximum absolute atomic E-state index is 11.9. The molecule has 3 rings (SSSR count). The van der Waals surface area contributed by atoms with Crippen molar-refractivity contribution in [2.45, 2.75) is 19.3 Å². The summed E-state index contributed by atoms with van der Waals surface area (Å²) < 4.78 is 5.56. The van der Waals surface area contributed by atoms with Gasteiger partial charge >= 0.3 is 0 Å². The highest BCUT2D eigenvalue weighted by Gasteiger charge is 2.11. The fourth-order valence-electron chi connectivity index (χ4n) is 2.16. The van der Waals surface area contributed by atoms with Crippen LogP contribution in [0.2, 0.25) is 5.02 Å². The standard InChI is InChI=1S/C17H16ClN3O2S/c18-13-5-3-12(4-6-13)9-10-19-15(22)7-8-16-20-21-17(23-16)14-2-1-11-24-14/h1-6,11H,7-10H2,(H,19,22). The van der Waals surface area contributed by atoms with Gasteiger partial charge < -0.3 is 9.73 Å². The van der Waals surface area contributed by atoms with Crippen LogP contribution in [0.1, 0.15) is 17.9 Å². The molecule has 5 nitrogen and oxygen atoms in total. The van der Waals surface area contributed by atoms with Gasteiger partial charge in [-0.2, -0.15) is 0 Å². The Balaban J connectivity index is 1.40. The second-order valence-electron chi connectivity index (χ2n) is 5.20. The molecule has 0 aliphatic heterocycles. The number of carbonyl (C=O) groups is 1. The maximum atomic E-state index is 11.9. The largest absolute Gasteiger partial charge is 0.420 e. The van der Waals surface area contributed by atoms with Crippen molar-refractivity contribution in [1.82, 2.24) is 15.5 Å². The zero-order chi connectivity index (χ0) is 16.8. The van der Waals surface area contributed by atoms with Crippen molar-refractivity contribution in [3.63, 3.8) is 0 Å². The lowest BCUT2D eigenvalue weighted by Crippen LogP contribution is -2.25. The van der Waals surface area contributed by atoms with Crippen molar-refractivity contribution in [2.75, 3.05) is 6.54 Å². The number of aryl methyl sites for hydroxylation is 1. The second kappa shape index (κ2) is 8.08. The predicted octanol–water partition coefficient (Wildman–Crippen LogP) is 3.74. The van der Waals surface area contributed by atoms with E-state index in [0.29, 0.717) is 36.2 Å². The lowest BCUT2D eigenvalue weighted by molar-refractivity contribution is -0.121. The summed E-state index contributed by atoms with van der Waals surface area (Å²) in [7, 11) is 0. The number of benzene rings is 1. The second-order valence-corrected chi connectivity index (χ2v) is 6.59. The van der Waals surface area contributed by atoms with Gasteiger partial charge in [0.05, 0.1) is 4.88 Å². The van der Waals surface area contributed by atoms with E-state index in [1.807, 2.05) is 41.8 Å². The van der Waals surface area contributed by atoms with E-state index in [9.17, 15) is 4.79 Å². The Morgan fingerprint density at radius 3 is 2.75 bits per heavy atom. The molecule has 2 aromatic heterocycles. The van der Waals surface area contributed by atoms with Crippen molar-refractivity contribution < 1.29 is 9.21 Å². The van der Waals surface area contributed by atoms with Crippen LogP contribution in [-0.2, 0) is 17.6 Å². The molecule has 1 amide bonds. The summed E-state index contributed by atoms with van der Waals surface area (Å²) in [4.78, 5) is 12.8. The third-order valence-corrected chi connectivity index (χ3v) is 4.52. The third-order valence-electron chi connectivity index (χ3n) is 3.41. The van der Waals surface area contributed by atoms with Gasteiger partial charge in [-0.25, -0.2) is 0 Å². The molecule has 124 valence electrons. The molecule has 0 aliphatic rings. The summed E-state index contributed by atoms with van der Waals surface area (Å²) in [6.07, 6.45) is 1.53. The van der Waals surface area contributed by atoms with E-state index in [1.165, 1.54) is 11.3 Å². The van der Waals surface area contributed by atoms with Gasteiger partial charge in [0.25, 0.3) is 5.89 Å². The minimum atomic E-state index is -0.0279. The van der Waals surface area contributed by atoms with Crippen LogP contribution in [0.15, 0.2) is 46.2 Å². The van der Waals surface area contributed by atoms with Crippen molar-refractivity contribution in [3.8, 4) is 10.8 Å². The molecular weight excluding hydrogens is 346 g/mol. The molecule has 2 heterocycles. The van der Waals surface area contributed by atoms with Gasteiger partial charge in [-0.3, -0.25) is 4.79 Å². The monoisotopic (exact) mass is 361 g/mol. The molecule has 24 heavy (non-hydrogen) atoms. The van der Waals surface area contributed by atoms with Crippen LogP contribution in [0.25, 0.3) is 10.8 Å². The summed E-state index contributed by atoms with van der Waals surface area (Å²) >= 11 is 7.38. The highest BCUT2D eigenvalue weighted by Crippen LogP contribution is 2.23. The number of rotatable bonds is 7. The van der Waals surface area contributed by atoms with Crippen LogP contribution >= 0.6 is 22.9 Å². The average molecular weight is 362 g/mol. The molecule has 0 radical (unpaired) electrons. The van der Waals surface area contributed by atoms with E-state index < -0.39 is 0 Å². The number of aromatic nitrogens is 2. The molecule has 0 fully saturated rings. The first-order chi connectivity index (χ1) is 11.7. The summed E-state index contributed by atoms with van der Waals surface area (Å²) in [5.41, 5.74) is 1.14. The predicted molar refractivity (Wildman–Crippen MR) is 94.1 cm³/mol. The van der Waals surface area contributed by atoms with E-state index in [4.69, 9.17) is 16.0 Å². The molecule has 0 bridgehead atoms. The quantitative estimate of drug-likeness (QED) is 0.696. The number of halogens is 1. The SMILES string of the molecule is O=C(CCc1nnc(-c2cccs2)o1)NCCc1ccc(Cl)cc1. The van der Waals surface area contributed by atoms with E-state index in [-0.39, 0.29) is 5.91 Å². The van der Waals surface area contributed by atoms with E-state index in [1.54, 1.807) is 0 Å². The van der Waals surface area contributed by atoms with Gasteiger partial charge in [-0.05, 0) is 35.6 Å². The van der Waals surface area contributed by atoms with Gasteiger partial charge in [0.15, 0.2) is 0 Å². The van der Waals surface area contributed by atoms with Crippen LogP contribution in [0, 0.1) is 0 Å². The molecule has 1 aromatic carbocycles. The molecule has 7 heteroatoms. The fourth-order valence-corrected chi connectivity index (χ4v) is 2.93. The average Bonchev–Trinajstić information content (AvgIpc) is 3.26. The molecule has 0 saturated heterocycles. The lowest BCUT2D eigenvalue weighted by Gasteiger charge is -2.04. The number of hydrogen-bond acceptors (Lipinski definition) is 5. The van der Waals surface area contributed by atoms with Crippen LogP contribution in [-0.4, -0.2) is 22.6 Å². The number of nitrogens with one attached hydrogen (secondary N) is 1. The summed E-state index contributed by atoms with van der Waals surface area (Å²) in [5.74, 6) is 0.953. The van der Waals surface area contributed by atoms with E-state index >= 15 is 0 Å². The summed E-state index contributed by atoms with van der Waals surface area (Å²) in [6.45, 7) is 0.588. The molecule has 0 spiro atoms. The van der Waals surface area contributed by atoms with E-state index in [2.05, 4.69) is 15.5 Å². The molecule has 0 atom stereocenters. The molecule has 0 unspecified atom stereocenters. The number of hydrogen-bond donors (Lipinski definition) is 1. The normalized spacial score (nSPS) is 10.7. The first-order valence-electron chi connectivity index (χ1n) is 7.58. The van der Waals surface area contributed by atoms with Crippen molar-refractivity contribution >= 4 is 28.8 Å². The lowest BCUT2D eigenvalue weighted by atomic mass is 10.1. The Labute approximate surface area is 148 Å². The van der Waals surface area contributed by atoms with Crippen molar-refractivity contribution in [2.24, 2.45) is 0 Å². The minimum Gasteiger partial charge on any atom is -0.420 e. The van der Waals surface area contributed by atoms with Gasteiger partial charge in [-0.15, -0.1) is 21.5 Å². The number of thiophene rings is 1. The van der Waals surface area contributed by atoms with Crippen molar-refractivity contribution in [3.05, 3.63) is 58.3 Å². The third kappa shape index (κ3) is 4.66. The number of carbonyl (C=O) groups excluding carboxylic acids is 1. The molecule has 3 aromatic rings. The first-order valence-corrected chi connectivity index (χ1v) is 8.84. The number of nitrogens with zero attached hydrogens (tertiary/aromatic N) is 2. The zero-order valence-corrected chi connectivity index (χ0v) is 14.4. The van der Waals surface area contributed by atoms with Crippen LogP contribution in [0.5, 0.6) is 0 Å². The topological polar surface area (TPSA) is 68.0 Å². The number of amides is 1. The molecule has 0 saturated carbocycles. The Hall–Kier alpha value is -2.18. The Kier molecular flexibility index (Phi) is 5.61. The van der Waals surface area contributed by atoms with Gasteiger partial charge in [0.1, 0.15) is 0 Å². The highest BCUT2D eigenvalue weighted by atomic mass is 35.5. The fraction of sp³-hybridized carbons (Fsp3) is 0.235.